The van der Waals surface area contributed by atoms with Gasteiger partial charge in [0.2, 0.25) is 5.91 Å². The third-order valence-corrected chi connectivity index (χ3v) is 4.70. The minimum Gasteiger partial charge on any atom is -0.355 e. The molecule has 1 atom stereocenters. The second-order valence-corrected chi connectivity index (χ2v) is 6.42. The quantitative estimate of drug-likeness (QED) is 0.531. The van der Waals surface area contributed by atoms with Gasteiger partial charge in [-0.2, -0.15) is 0 Å². The number of nitrogens with two attached hydrogens (primary N) is 1. The summed E-state index contributed by atoms with van der Waals surface area (Å²) in [7, 11) is 0. The Kier molecular flexibility index (Phi) is 9.49. The van der Waals surface area contributed by atoms with Gasteiger partial charge in [0.1, 0.15) is 16.9 Å². The number of thioether (sulfide) groups is 1. The summed E-state index contributed by atoms with van der Waals surface area (Å²) in [5.41, 5.74) is 6.17. The minimum absolute atomic E-state index is 0. The molecule has 0 aliphatic rings. The van der Waals surface area contributed by atoms with E-state index in [-0.39, 0.29) is 23.2 Å². The van der Waals surface area contributed by atoms with Crippen LogP contribution < -0.4 is 11.1 Å². The standard InChI is InChI=1S/C18H20F2N2OS.ClH/c19-14-8-9-15(20)16(12-14)24-17(13-6-2-1-3-7-13)18(23)22-11-5-4-10-21;/h1-3,6-9,12,17H,4-5,10-11,21H2,(H,22,23);1H. The number of hydrogen-bond donors (Lipinski definition) is 2. The molecule has 0 saturated heterocycles. The van der Waals surface area contributed by atoms with Crippen LogP contribution in [0.3, 0.4) is 0 Å². The average Bonchev–Trinajstić information content (AvgIpc) is 2.60. The van der Waals surface area contributed by atoms with E-state index in [4.69, 9.17) is 5.73 Å². The molecule has 1 amide bonds. The highest BCUT2D eigenvalue weighted by molar-refractivity contribution is 8.00. The third kappa shape index (κ3) is 6.65. The zero-order valence-electron chi connectivity index (χ0n) is 13.6. The first kappa shape index (κ1) is 21.4. The fraction of sp³-hybridized carbons (Fsp3) is 0.278. The Morgan fingerprint density at radius 1 is 1.12 bits per heavy atom. The summed E-state index contributed by atoms with van der Waals surface area (Å²) in [5, 5.41) is 2.19. The number of carbonyl (C=O) groups is 1. The predicted molar refractivity (Wildman–Crippen MR) is 99.9 cm³/mol. The zero-order chi connectivity index (χ0) is 17.4. The molecule has 0 saturated carbocycles. The number of halogens is 3. The molecule has 2 aromatic rings. The van der Waals surface area contributed by atoms with Gasteiger partial charge in [0, 0.05) is 11.4 Å². The van der Waals surface area contributed by atoms with Crippen molar-refractivity contribution in [3.63, 3.8) is 0 Å². The number of nitrogens with one attached hydrogen (secondary N) is 1. The van der Waals surface area contributed by atoms with Gasteiger partial charge in [0.05, 0.1) is 0 Å². The van der Waals surface area contributed by atoms with Crippen LogP contribution in [0.2, 0.25) is 0 Å². The second-order valence-electron chi connectivity index (χ2n) is 5.27. The molecule has 0 aliphatic heterocycles. The molecule has 0 aromatic heterocycles. The first-order chi connectivity index (χ1) is 11.6. The Labute approximate surface area is 156 Å². The molecular formula is C18H21ClF2N2OS. The van der Waals surface area contributed by atoms with Crippen molar-refractivity contribution in [2.24, 2.45) is 5.73 Å². The molecule has 0 radical (unpaired) electrons. The van der Waals surface area contributed by atoms with Gasteiger partial charge in [-0.1, -0.05) is 30.3 Å². The van der Waals surface area contributed by atoms with E-state index in [1.807, 2.05) is 18.2 Å². The Hall–Kier alpha value is -1.63. The summed E-state index contributed by atoms with van der Waals surface area (Å²) in [6.45, 7) is 1.08. The van der Waals surface area contributed by atoms with E-state index in [0.29, 0.717) is 13.1 Å². The molecule has 3 nitrogen and oxygen atoms in total. The Balaban J connectivity index is 0.00000312. The summed E-state index contributed by atoms with van der Waals surface area (Å²) in [5.74, 6) is -1.31. The third-order valence-electron chi connectivity index (χ3n) is 3.41. The van der Waals surface area contributed by atoms with Crippen molar-refractivity contribution in [3.05, 3.63) is 65.7 Å². The Bertz CT molecular complexity index is 673. The van der Waals surface area contributed by atoms with Gasteiger partial charge in [-0.05, 0) is 43.1 Å². The number of hydrogen-bond acceptors (Lipinski definition) is 3. The van der Waals surface area contributed by atoms with Crippen LogP contribution in [0, 0.1) is 11.6 Å². The van der Waals surface area contributed by atoms with Crippen LogP contribution in [0.4, 0.5) is 8.78 Å². The van der Waals surface area contributed by atoms with Crippen molar-refractivity contribution < 1.29 is 13.6 Å². The Morgan fingerprint density at radius 3 is 2.52 bits per heavy atom. The number of unbranched alkanes of at least 4 members (excludes halogenated alkanes) is 1. The molecule has 2 aromatic carbocycles. The van der Waals surface area contributed by atoms with Crippen LogP contribution in [0.5, 0.6) is 0 Å². The summed E-state index contributed by atoms with van der Waals surface area (Å²) in [6, 6.07) is 12.3. The lowest BCUT2D eigenvalue weighted by atomic mass is 10.1. The van der Waals surface area contributed by atoms with Crippen LogP contribution in [-0.4, -0.2) is 19.0 Å². The van der Waals surface area contributed by atoms with E-state index in [1.165, 1.54) is 0 Å². The summed E-state index contributed by atoms with van der Waals surface area (Å²) >= 11 is 1.00. The number of amides is 1. The van der Waals surface area contributed by atoms with E-state index < -0.39 is 16.9 Å². The molecule has 25 heavy (non-hydrogen) atoms. The molecule has 1 unspecified atom stereocenters. The van der Waals surface area contributed by atoms with E-state index in [1.54, 1.807) is 12.1 Å². The molecule has 0 fully saturated rings. The highest BCUT2D eigenvalue weighted by Crippen LogP contribution is 2.37. The maximum Gasteiger partial charge on any atom is 0.237 e. The maximum absolute atomic E-state index is 13.9. The van der Waals surface area contributed by atoms with Gasteiger partial charge in [-0.25, -0.2) is 8.78 Å². The second kappa shape index (κ2) is 11.1. The van der Waals surface area contributed by atoms with Crippen molar-refractivity contribution in [2.45, 2.75) is 23.0 Å². The molecule has 7 heteroatoms. The number of benzene rings is 2. The fourth-order valence-electron chi connectivity index (χ4n) is 2.17. The molecular weight excluding hydrogens is 366 g/mol. The first-order valence-corrected chi connectivity index (χ1v) is 8.64. The van der Waals surface area contributed by atoms with E-state index in [0.717, 1.165) is 48.4 Å². The lowest BCUT2D eigenvalue weighted by Crippen LogP contribution is -2.29. The average molecular weight is 387 g/mol. The van der Waals surface area contributed by atoms with Crippen molar-refractivity contribution in [1.82, 2.24) is 5.32 Å². The van der Waals surface area contributed by atoms with E-state index >= 15 is 0 Å². The van der Waals surface area contributed by atoms with Crippen molar-refractivity contribution in [3.8, 4) is 0 Å². The predicted octanol–water partition coefficient (Wildman–Crippen LogP) is 4.08. The summed E-state index contributed by atoms with van der Waals surface area (Å²) in [4.78, 5) is 12.6. The van der Waals surface area contributed by atoms with Crippen LogP contribution in [0.1, 0.15) is 23.7 Å². The van der Waals surface area contributed by atoms with Gasteiger partial charge in [0.15, 0.2) is 0 Å². The molecule has 0 heterocycles. The zero-order valence-corrected chi connectivity index (χ0v) is 15.2. The highest BCUT2D eigenvalue weighted by Gasteiger charge is 2.23. The van der Waals surface area contributed by atoms with Gasteiger partial charge < -0.3 is 11.1 Å². The SMILES string of the molecule is Cl.NCCCCNC(=O)C(Sc1cc(F)ccc1F)c1ccccc1. The van der Waals surface area contributed by atoms with Crippen LogP contribution in [0.15, 0.2) is 53.4 Å². The van der Waals surface area contributed by atoms with Crippen LogP contribution in [0.25, 0.3) is 0 Å². The monoisotopic (exact) mass is 386 g/mol. The smallest absolute Gasteiger partial charge is 0.237 e. The molecule has 0 spiro atoms. The fourth-order valence-corrected chi connectivity index (χ4v) is 3.27. The van der Waals surface area contributed by atoms with Gasteiger partial charge in [-0.3, -0.25) is 4.79 Å². The maximum atomic E-state index is 13.9. The van der Waals surface area contributed by atoms with Crippen molar-refractivity contribution in [2.75, 3.05) is 13.1 Å². The highest BCUT2D eigenvalue weighted by atomic mass is 35.5. The molecule has 3 N–H and O–H groups in total. The van der Waals surface area contributed by atoms with Gasteiger partial charge >= 0.3 is 0 Å². The van der Waals surface area contributed by atoms with E-state index in [2.05, 4.69) is 5.32 Å². The first-order valence-electron chi connectivity index (χ1n) is 7.76. The van der Waals surface area contributed by atoms with Crippen LogP contribution >= 0.6 is 24.2 Å². The largest absolute Gasteiger partial charge is 0.355 e. The molecule has 0 bridgehead atoms. The summed E-state index contributed by atoms with van der Waals surface area (Å²) in [6.07, 6.45) is 1.60. The topological polar surface area (TPSA) is 55.1 Å². The summed E-state index contributed by atoms with van der Waals surface area (Å²) < 4.78 is 27.3. The van der Waals surface area contributed by atoms with Crippen LogP contribution in [-0.2, 0) is 4.79 Å². The van der Waals surface area contributed by atoms with Gasteiger partial charge in [0.25, 0.3) is 0 Å². The lowest BCUT2D eigenvalue weighted by Gasteiger charge is -2.17. The van der Waals surface area contributed by atoms with Gasteiger partial charge in [-0.15, -0.1) is 24.2 Å². The van der Waals surface area contributed by atoms with Crippen molar-refractivity contribution in [1.29, 1.82) is 0 Å². The number of rotatable bonds is 8. The minimum atomic E-state index is -0.652. The number of carbonyl (C=O) groups excluding carboxylic acids is 1. The van der Waals surface area contributed by atoms with Crippen molar-refractivity contribution >= 4 is 30.1 Å². The lowest BCUT2D eigenvalue weighted by molar-refractivity contribution is -0.120. The normalized spacial score (nSPS) is 11.5. The molecule has 0 aliphatic carbocycles. The molecule has 2 rings (SSSR count). The molecule has 136 valence electrons. The van der Waals surface area contributed by atoms with E-state index in [9.17, 15) is 13.6 Å². The Morgan fingerprint density at radius 2 is 1.84 bits per heavy atom.